The smallest absolute Gasteiger partial charge is 0.335 e. The monoisotopic (exact) mass is 289 g/mol. The molecule has 1 aromatic heterocycles. The number of benzene rings is 1. The lowest BCUT2D eigenvalue weighted by molar-refractivity contribution is -0.142. The van der Waals surface area contributed by atoms with E-state index in [4.69, 9.17) is 0 Å². The van der Waals surface area contributed by atoms with E-state index in [-0.39, 0.29) is 0 Å². The molecule has 1 unspecified atom stereocenters. The van der Waals surface area contributed by atoms with Crippen LogP contribution in [-0.4, -0.2) is 21.0 Å². The number of carboxylic acid groups (broad SMARTS) is 1. The van der Waals surface area contributed by atoms with Crippen LogP contribution in [0.25, 0.3) is 0 Å². The van der Waals surface area contributed by atoms with Crippen molar-refractivity contribution in [3.63, 3.8) is 0 Å². The summed E-state index contributed by atoms with van der Waals surface area (Å²) in [5.74, 6) is -1.55. The van der Waals surface area contributed by atoms with Crippen molar-refractivity contribution in [2.45, 2.75) is 26.3 Å². The van der Waals surface area contributed by atoms with E-state index >= 15 is 0 Å². The van der Waals surface area contributed by atoms with Crippen molar-refractivity contribution >= 4 is 11.7 Å². The standard InChI is InChI=1S/C15H16FN3O2/c1-9-6-11(16)8-12(7-9)19-15(3,14(20)21)13-10(2)17-4-5-18-13/h4-8,19H,1-3H3,(H,20,21). The molecule has 6 heteroatoms. The minimum Gasteiger partial charge on any atom is -0.479 e. The number of aromatic nitrogens is 2. The van der Waals surface area contributed by atoms with E-state index < -0.39 is 17.3 Å². The first-order valence-electron chi connectivity index (χ1n) is 6.40. The van der Waals surface area contributed by atoms with Gasteiger partial charge in [-0.15, -0.1) is 0 Å². The molecule has 0 aliphatic heterocycles. The van der Waals surface area contributed by atoms with Gasteiger partial charge in [0.15, 0.2) is 5.54 Å². The van der Waals surface area contributed by atoms with Gasteiger partial charge in [-0.05, 0) is 44.5 Å². The summed E-state index contributed by atoms with van der Waals surface area (Å²) in [6.07, 6.45) is 2.93. The van der Waals surface area contributed by atoms with Crippen LogP contribution in [0.4, 0.5) is 10.1 Å². The number of anilines is 1. The molecule has 0 radical (unpaired) electrons. The van der Waals surface area contributed by atoms with Crippen LogP contribution >= 0.6 is 0 Å². The molecule has 21 heavy (non-hydrogen) atoms. The van der Waals surface area contributed by atoms with Gasteiger partial charge in [0.05, 0.1) is 11.4 Å². The largest absolute Gasteiger partial charge is 0.479 e. The van der Waals surface area contributed by atoms with E-state index in [1.807, 2.05) is 0 Å². The number of nitrogens with zero attached hydrogens (tertiary/aromatic N) is 2. The minimum atomic E-state index is -1.50. The van der Waals surface area contributed by atoms with Gasteiger partial charge in [-0.25, -0.2) is 9.18 Å². The number of hydrogen-bond acceptors (Lipinski definition) is 4. The molecule has 0 fully saturated rings. The van der Waals surface area contributed by atoms with Crippen LogP contribution in [-0.2, 0) is 10.3 Å². The molecule has 2 N–H and O–H groups in total. The Balaban J connectivity index is 2.49. The molecule has 5 nitrogen and oxygen atoms in total. The van der Waals surface area contributed by atoms with E-state index in [0.717, 1.165) is 0 Å². The highest BCUT2D eigenvalue weighted by Gasteiger charge is 2.38. The Morgan fingerprint density at radius 1 is 1.24 bits per heavy atom. The maximum atomic E-state index is 13.5. The Morgan fingerprint density at radius 2 is 1.90 bits per heavy atom. The maximum Gasteiger partial charge on any atom is 0.335 e. The number of aliphatic carboxylic acids is 1. The zero-order valence-corrected chi connectivity index (χ0v) is 12.0. The van der Waals surface area contributed by atoms with Crippen LogP contribution < -0.4 is 5.32 Å². The van der Waals surface area contributed by atoms with Gasteiger partial charge in [0.25, 0.3) is 0 Å². The molecular formula is C15H16FN3O2. The second kappa shape index (κ2) is 5.47. The van der Waals surface area contributed by atoms with Crippen molar-refractivity contribution < 1.29 is 14.3 Å². The van der Waals surface area contributed by atoms with Crippen LogP contribution in [0.1, 0.15) is 23.9 Å². The first-order valence-corrected chi connectivity index (χ1v) is 6.40. The Hall–Kier alpha value is -2.50. The van der Waals surface area contributed by atoms with Crippen molar-refractivity contribution in [3.8, 4) is 0 Å². The lowest BCUT2D eigenvalue weighted by Gasteiger charge is -2.27. The third-order valence-corrected chi connectivity index (χ3v) is 3.22. The molecule has 0 aliphatic carbocycles. The number of nitrogens with one attached hydrogen (secondary N) is 1. The number of hydrogen-bond donors (Lipinski definition) is 2. The fraction of sp³-hybridized carbons (Fsp3) is 0.267. The van der Waals surface area contributed by atoms with E-state index in [9.17, 15) is 14.3 Å². The highest BCUT2D eigenvalue weighted by atomic mass is 19.1. The fourth-order valence-corrected chi connectivity index (χ4v) is 2.21. The van der Waals surface area contributed by atoms with Gasteiger partial charge in [0.1, 0.15) is 5.82 Å². The molecule has 0 spiro atoms. The number of aryl methyl sites for hydroxylation is 2. The third-order valence-electron chi connectivity index (χ3n) is 3.22. The summed E-state index contributed by atoms with van der Waals surface area (Å²) in [6.45, 7) is 4.90. The quantitative estimate of drug-likeness (QED) is 0.905. The highest BCUT2D eigenvalue weighted by Crippen LogP contribution is 2.27. The van der Waals surface area contributed by atoms with E-state index in [2.05, 4.69) is 15.3 Å². The summed E-state index contributed by atoms with van der Waals surface area (Å²) in [5.41, 5.74) is 0.365. The highest BCUT2D eigenvalue weighted by molar-refractivity contribution is 5.83. The molecule has 0 saturated heterocycles. The third kappa shape index (κ3) is 2.99. The van der Waals surface area contributed by atoms with Crippen molar-refractivity contribution in [2.24, 2.45) is 0 Å². The van der Waals surface area contributed by atoms with Crippen molar-refractivity contribution in [3.05, 3.63) is 53.4 Å². The lowest BCUT2D eigenvalue weighted by atomic mass is 9.95. The lowest BCUT2D eigenvalue weighted by Crippen LogP contribution is -2.42. The predicted molar refractivity (Wildman–Crippen MR) is 76.5 cm³/mol. The Labute approximate surface area is 121 Å². The average molecular weight is 289 g/mol. The SMILES string of the molecule is Cc1cc(F)cc(NC(C)(C(=O)O)c2nccnc2C)c1. The van der Waals surface area contributed by atoms with Crippen LogP contribution in [0.2, 0.25) is 0 Å². The molecule has 0 bridgehead atoms. The molecule has 110 valence electrons. The molecular weight excluding hydrogens is 273 g/mol. The average Bonchev–Trinajstić information content (AvgIpc) is 2.37. The summed E-state index contributed by atoms with van der Waals surface area (Å²) in [6, 6.07) is 4.30. The van der Waals surface area contributed by atoms with Crippen LogP contribution in [0.5, 0.6) is 0 Å². The van der Waals surface area contributed by atoms with Gasteiger partial charge >= 0.3 is 5.97 Å². The van der Waals surface area contributed by atoms with Gasteiger partial charge in [-0.1, -0.05) is 0 Å². The Morgan fingerprint density at radius 3 is 2.48 bits per heavy atom. The minimum absolute atomic E-state index is 0.291. The zero-order valence-electron chi connectivity index (χ0n) is 12.0. The zero-order chi connectivity index (χ0) is 15.6. The molecule has 1 atom stereocenters. The Kier molecular flexibility index (Phi) is 3.88. The summed E-state index contributed by atoms with van der Waals surface area (Å²) >= 11 is 0. The van der Waals surface area contributed by atoms with Crippen molar-refractivity contribution in [1.82, 2.24) is 9.97 Å². The van der Waals surface area contributed by atoms with Crippen LogP contribution in [0.15, 0.2) is 30.6 Å². The maximum absolute atomic E-state index is 13.5. The van der Waals surface area contributed by atoms with E-state index in [1.165, 1.54) is 31.5 Å². The first-order chi connectivity index (χ1) is 9.83. The number of rotatable bonds is 4. The van der Waals surface area contributed by atoms with Gasteiger partial charge in [-0.3, -0.25) is 9.97 Å². The fourth-order valence-electron chi connectivity index (χ4n) is 2.21. The molecule has 2 rings (SSSR count). The number of halogens is 1. The van der Waals surface area contributed by atoms with E-state index in [0.29, 0.717) is 22.6 Å². The van der Waals surface area contributed by atoms with Gasteiger partial charge in [-0.2, -0.15) is 0 Å². The topological polar surface area (TPSA) is 75.1 Å². The first kappa shape index (κ1) is 14.9. The molecule has 0 amide bonds. The molecule has 2 aromatic rings. The van der Waals surface area contributed by atoms with Crippen LogP contribution in [0, 0.1) is 19.7 Å². The van der Waals surface area contributed by atoms with Crippen molar-refractivity contribution in [1.29, 1.82) is 0 Å². The second-order valence-corrected chi connectivity index (χ2v) is 5.06. The molecule has 0 saturated carbocycles. The molecule has 1 aromatic carbocycles. The van der Waals surface area contributed by atoms with Gasteiger partial charge in [0.2, 0.25) is 0 Å². The number of carbonyl (C=O) groups is 1. The predicted octanol–water partition coefficient (Wildman–Crippen LogP) is 2.64. The van der Waals surface area contributed by atoms with E-state index in [1.54, 1.807) is 19.9 Å². The van der Waals surface area contributed by atoms with Gasteiger partial charge in [0, 0.05) is 18.1 Å². The Bertz CT molecular complexity index is 670. The van der Waals surface area contributed by atoms with Gasteiger partial charge < -0.3 is 10.4 Å². The second-order valence-electron chi connectivity index (χ2n) is 5.06. The summed E-state index contributed by atoms with van der Waals surface area (Å²) in [4.78, 5) is 19.9. The molecule has 0 aliphatic rings. The summed E-state index contributed by atoms with van der Waals surface area (Å²) in [7, 11) is 0. The normalized spacial score (nSPS) is 13.5. The number of carboxylic acids is 1. The van der Waals surface area contributed by atoms with Crippen molar-refractivity contribution in [2.75, 3.05) is 5.32 Å². The summed E-state index contributed by atoms with van der Waals surface area (Å²) < 4.78 is 13.5. The van der Waals surface area contributed by atoms with Crippen LogP contribution in [0.3, 0.4) is 0 Å². The molecule has 1 heterocycles. The summed E-state index contributed by atoms with van der Waals surface area (Å²) in [5, 5.41) is 12.4.